The van der Waals surface area contributed by atoms with Crippen LogP contribution < -0.4 is 0 Å². The Labute approximate surface area is 112 Å². The van der Waals surface area contributed by atoms with Crippen molar-refractivity contribution in [2.24, 2.45) is 0 Å². The van der Waals surface area contributed by atoms with Crippen molar-refractivity contribution in [2.75, 3.05) is 13.6 Å². The molecule has 3 nitrogen and oxygen atoms in total. The lowest BCUT2D eigenvalue weighted by Gasteiger charge is -2.16. The quantitative estimate of drug-likeness (QED) is 0.757. The number of aryl methyl sites for hydroxylation is 1. The SMILES string of the molecule is CCc1ccc(S(=O)(=O)N(C)CCC(C)Cl)s1. The van der Waals surface area contributed by atoms with Crippen LogP contribution in [-0.2, 0) is 16.4 Å². The molecular weight excluding hydrogens is 278 g/mol. The van der Waals surface area contributed by atoms with Gasteiger partial charge in [0.15, 0.2) is 0 Å². The van der Waals surface area contributed by atoms with E-state index >= 15 is 0 Å². The molecule has 0 saturated carbocycles. The Balaban J connectivity index is 2.79. The highest BCUT2D eigenvalue weighted by atomic mass is 35.5. The second-order valence-corrected chi connectivity index (χ2v) is 8.16. The molecule has 0 amide bonds. The van der Waals surface area contributed by atoms with E-state index in [0.717, 1.165) is 11.3 Å². The number of sulfonamides is 1. The highest BCUT2D eigenvalue weighted by Gasteiger charge is 2.22. The van der Waals surface area contributed by atoms with Gasteiger partial charge in [-0.2, -0.15) is 0 Å². The second-order valence-electron chi connectivity index (χ2n) is 3.97. The maximum atomic E-state index is 12.2. The van der Waals surface area contributed by atoms with E-state index in [-0.39, 0.29) is 5.38 Å². The molecule has 0 N–H and O–H groups in total. The molecule has 98 valence electrons. The van der Waals surface area contributed by atoms with Gasteiger partial charge in [0, 0.05) is 23.8 Å². The predicted octanol–water partition coefficient (Wildman–Crippen LogP) is 2.95. The molecule has 0 bridgehead atoms. The number of rotatable bonds is 6. The number of alkyl halides is 1. The summed E-state index contributed by atoms with van der Waals surface area (Å²) >= 11 is 7.17. The van der Waals surface area contributed by atoms with Crippen molar-refractivity contribution in [3.8, 4) is 0 Å². The molecular formula is C11H18ClNO2S2. The predicted molar refractivity (Wildman–Crippen MR) is 73.4 cm³/mol. The summed E-state index contributed by atoms with van der Waals surface area (Å²) in [4.78, 5) is 1.09. The minimum absolute atomic E-state index is 0.0119. The van der Waals surface area contributed by atoms with Crippen LogP contribution in [0, 0.1) is 0 Å². The molecule has 6 heteroatoms. The van der Waals surface area contributed by atoms with Gasteiger partial charge in [-0.05, 0) is 31.9 Å². The Hall–Kier alpha value is -0.100. The van der Waals surface area contributed by atoms with Crippen molar-refractivity contribution >= 4 is 33.0 Å². The van der Waals surface area contributed by atoms with Gasteiger partial charge in [-0.1, -0.05) is 6.92 Å². The van der Waals surface area contributed by atoms with Gasteiger partial charge < -0.3 is 0 Å². The Morgan fingerprint density at radius 3 is 2.59 bits per heavy atom. The van der Waals surface area contributed by atoms with Gasteiger partial charge in [-0.25, -0.2) is 12.7 Å². The lowest BCUT2D eigenvalue weighted by atomic mass is 10.3. The lowest BCUT2D eigenvalue weighted by Crippen LogP contribution is -2.28. The first-order valence-corrected chi connectivity index (χ1v) is 8.26. The molecule has 1 atom stereocenters. The van der Waals surface area contributed by atoms with Crippen molar-refractivity contribution in [2.45, 2.75) is 36.3 Å². The first-order valence-electron chi connectivity index (χ1n) is 5.57. The smallest absolute Gasteiger partial charge is 0.206 e. The fraction of sp³-hybridized carbons (Fsp3) is 0.636. The molecule has 0 aromatic carbocycles. The highest BCUT2D eigenvalue weighted by molar-refractivity contribution is 7.91. The van der Waals surface area contributed by atoms with Crippen LogP contribution in [0.1, 0.15) is 25.1 Å². The van der Waals surface area contributed by atoms with Gasteiger partial charge in [0.05, 0.1) is 0 Å². The first kappa shape index (κ1) is 15.0. The maximum absolute atomic E-state index is 12.2. The largest absolute Gasteiger partial charge is 0.252 e. The van der Waals surface area contributed by atoms with Crippen LogP contribution >= 0.6 is 22.9 Å². The van der Waals surface area contributed by atoms with Crippen LogP contribution in [0.5, 0.6) is 0 Å². The minimum Gasteiger partial charge on any atom is -0.206 e. The third-order valence-corrected chi connectivity index (χ3v) is 6.26. The summed E-state index contributed by atoms with van der Waals surface area (Å²) < 4.78 is 26.1. The summed E-state index contributed by atoms with van der Waals surface area (Å²) in [5.74, 6) is 0. The summed E-state index contributed by atoms with van der Waals surface area (Å²) in [7, 11) is -1.73. The van der Waals surface area contributed by atoms with E-state index in [9.17, 15) is 8.42 Å². The average molecular weight is 296 g/mol. The molecule has 0 aliphatic rings. The Kier molecular flexibility index (Phi) is 5.44. The van der Waals surface area contributed by atoms with E-state index < -0.39 is 10.0 Å². The second kappa shape index (κ2) is 6.18. The van der Waals surface area contributed by atoms with Gasteiger partial charge in [-0.15, -0.1) is 22.9 Å². The number of nitrogens with zero attached hydrogens (tertiary/aromatic N) is 1. The normalized spacial score (nSPS) is 14.2. The van der Waals surface area contributed by atoms with E-state index in [1.807, 2.05) is 19.9 Å². The molecule has 0 spiro atoms. The van der Waals surface area contributed by atoms with Crippen LogP contribution in [0.4, 0.5) is 0 Å². The number of hydrogen-bond acceptors (Lipinski definition) is 3. The van der Waals surface area contributed by atoms with Crippen molar-refractivity contribution in [3.05, 3.63) is 17.0 Å². The molecule has 1 aromatic heterocycles. The van der Waals surface area contributed by atoms with Crippen molar-refractivity contribution < 1.29 is 8.42 Å². The van der Waals surface area contributed by atoms with E-state index in [4.69, 9.17) is 11.6 Å². The zero-order chi connectivity index (χ0) is 13.1. The zero-order valence-corrected chi connectivity index (χ0v) is 12.7. The molecule has 0 radical (unpaired) electrons. The Morgan fingerprint density at radius 1 is 1.47 bits per heavy atom. The summed E-state index contributed by atoms with van der Waals surface area (Å²) in [5.41, 5.74) is 0. The van der Waals surface area contributed by atoms with Gasteiger partial charge in [0.25, 0.3) is 10.0 Å². The van der Waals surface area contributed by atoms with E-state index in [0.29, 0.717) is 17.2 Å². The van der Waals surface area contributed by atoms with Gasteiger partial charge in [0.1, 0.15) is 4.21 Å². The van der Waals surface area contributed by atoms with Crippen molar-refractivity contribution in [3.63, 3.8) is 0 Å². The maximum Gasteiger partial charge on any atom is 0.252 e. The van der Waals surface area contributed by atoms with Crippen LogP contribution in [0.15, 0.2) is 16.3 Å². The molecule has 0 saturated heterocycles. The minimum atomic E-state index is -3.33. The molecule has 1 rings (SSSR count). The van der Waals surface area contributed by atoms with Crippen LogP contribution in [-0.4, -0.2) is 31.7 Å². The third kappa shape index (κ3) is 3.95. The van der Waals surface area contributed by atoms with Gasteiger partial charge in [0.2, 0.25) is 0 Å². The fourth-order valence-electron chi connectivity index (χ4n) is 1.32. The van der Waals surface area contributed by atoms with Crippen LogP contribution in [0.3, 0.4) is 0 Å². The topological polar surface area (TPSA) is 37.4 Å². The molecule has 1 aromatic rings. The molecule has 1 unspecified atom stereocenters. The summed E-state index contributed by atoms with van der Waals surface area (Å²) in [6.07, 6.45) is 1.52. The summed E-state index contributed by atoms with van der Waals surface area (Å²) in [6, 6.07) is 3.55. The van der Waals surface area contributed by atoms with E-state index in [1.165, 1.54) is 15.6 Å². The molecule has 0 aliphatic carbocycles. The number of hydrogen-bond donors (Lipinski definition) is 0. The van der Waals surface area contributed by atoms with E-state index in [2.05, 4.69) is 0 Å². The Morgan fingerprint density at radius 2 is 2.12 bits per heavy atom. The standard InChI is InChI=1S/C11H18ClNO2S2/c1-4-10-5-6-11(16-10)17(14,15)13(3)8-7-9(2)12/h5-6,9H,4,7-8H2,1-3H3. The fourth-order valence-corrected chi connectivity index (χ4v) is 4.11. The molecule has 1 heterocycles. The number of halogens is 1. The van der Waals surface area contributed by atoms with Crippen molar-refractivity contribution in [1.82, 2.24) is 4.31 Å². The molecule has 0 aliphatic heterocycles. The lowest BCUT2D eigenvalue weighted by molar-refractivity contribution is 0.462. The third-order valence-electron chi connectivity index (χ3n) is 2.49. The molecule has 0 fully saturated rings. The van der Waals surface area contributed by atoms with Crippen LogP contribution in [0.2, 0.25) is 0 Å². The highest BCUT2D eigenvalue weighted by Crippen LogP contribution is 2.24. The monoisotopic (exact) mass is 295 g/mol. The Bertz CT molecular complexity index is 454. The average Bonchev–Trinajstić information content (AvgIpc) is 2.74. The number of thiophene rings is 1. The molecule has 17 heavy (non-hydrogen) atoms. The summed E-state index contributed by atoms with van der Waals surface area (Å²) in [5, 5.41) is -0.0119. The van der Waals surface area contributed by atoms with Gasteiger partial charge in [-0.3, -0.25) is 0 Å². The summed E-state index contributed by atoms with van der Waals surface area (Å²) in [6.45, 7) is 4.33. The van der Waals surface area contributed by atoms with Crippen molar-refractivity contribution in [1.29, 1.82) is 0 Å². The van der Waals surface area contributed by atoms with E-state index in [1.54, 1.807) is 13.1 Å². The first-order chi connectivity index (χ1) is 7.87. The van der Waals surface area contributed by atoms with Crippen LogP contribution in [0.25, 0.3) is 0 Å². The van der Waals surface area contributed by atoms with Gasteiger partial charge >= 0.3 is 0 Å². The zero-order valence-electron chi connectivity index (χ0n) is 10.3.